The maximum Gasteiger partial charge on any atom is 0.292 e. The van der Waals surface area contributed by atoms with Crippen LogP contribution in [0, 0.1) is 0 Å². The van der Waals surface area contributed by atoms with Gasteiger partial charge in [0.15, 0.2) is 16.3 Å². The van der Waals surface area contributed by atoms with E-state index in [1.54, 1.807) is 13.2 Å². The first-order chi connectivity index (χ1) is 14.2. The van der Waals surface area contributed by atoms with Crippen molar-refractivity contribution >= 4 is 27.5 Å². The van der Waals surface area contributed by atoms with Crippen molar-refractivity contribution in [3.05, 3.63) is 47.3 Å². The molecule has 1 aliphatic rings. The Kier molecular flexibility index (Phi) is 5.82. The van der Waals surface area contributed by atoms with Crippen LogP contribution in [0.25, 0.3) is 10.2 Å². The maximum absolute atomic E-state index is 12.8. The fourth-order valence-electron chi connectivity index (χ4n) is 3.10. The van der Waals surface area contributed by atoms with Crippen LogP contribution in [-0.4, -0.2) is 43.5 Å². The van der Waals surface area contributed by atoms with Crippen molar-refractivity contribution in [3.63, 3.8) is 0 Å². The number of hydrogen-bond donors (Lipinski definition) is 0. The Morgan fingerprint density at radius 1 is 1.28 bits per heavy atom. The number of carbonyl (C=O) groups excluding carboxylic acids is 1. The Morgan fingerprint density at radius 2 is 2.10 bits per heavy atom. The molecule has 0 fully saturated rings. The van der Waals surface area contributed by atoms with Gasteiger partial charge in [-0.2, -0.15) is 4.99 Å². The van der Waals surface area contributed by atoms with Gasteiger partial charge in [-0.25, -0.2) is 0 Å². The summed E-state index contributed by atoms with van der Waals surface area (Å²) in [5.41, 5.74) is 0.980. The lowest BCUT2D eigenvalue weighted by atomic mass is 10.2. The molecule has 1 amide bonds. The first kappa shape index (κ1) is 19.5. The van der Waals surface area contributed by atoms with E-state index in [0.717, 1.165) is 16.0 Å². The molecule has 0 N–H and O–H groups in total. The average Bonchev–Trinajstić information content (AvgIpc) is 3.08. The van der Waals surface area contributed by atoms with Gasteiger partial charge in [-0.05, 0) is 37.3 Å². The minimum absolute atomic E-state index is 0.136. The van der Waals surface area contributed by atoms with Crippen LogP contribution >= 0.6 is 11.3 Å². The lowest BCUT2D eigenvalue weighted by Crippen LogP contribution is -2.37. The van der Waals surface area contributed by atoms with Gasteiger partial charge < -0.3 is 23.5 Å². The molecule has 0 aliphatic carbocycles. The van der Waals surface area contributed by atoms with E-state index < -0.39 is 6.10 Å². The highest BCUT2D eigenvalue weighted by molar-refractivity contribution is 7.16. The zero-order chi connectivity index (χ0) is 20.2. The molecule has 0 radical (unpaired) electrons. The molecule has 7 nitrogen and oxygen atoms in total. The van der Waals surface area contributed by atoms with Crippen LogP contribution < -0.4 is 19.0 Å². The van der Waals surface area contributed by atoms with E-state index in [2.05, 4.69) is 4.99 Å². The Balaban J connectivity index is 1.67. The van der Waals surface area contributed by atoms with Crippen LogP contribution in [0.5, 0.6) is 17.2 Å². The number of aromatic nitrogens is 1. The summed E-state index contributed by atoms with van der Waals surface area (Å²) in [6, 6.07) is 13.2. The fraction of sp³-hybridized carbons (Fsp3) is 0.333. The van der Waals surface area contributed by atoms with E-state index in [4.69, 9.17) is 18.9 Å². The minimum atomic E-state index is -0.773. The van der Waals surface area contributed by atoms with E-state index in [-0.39, 0.29) is 12.5 Å². The molecule has 0 saturated carbocycles. The topological polar surface area (TPSA) is 71.3 Å². The molecule has 0 bridgehead atoms. The summed E-state index contributed by atoms with van der Waals surface area (Å²) in [7, 11) is 1.65. The molecule has 0 unspecified atom stereocenters. The summed E-state index contributed by atoms with van der Waals surface area (Å²) in [4.78, 5) is 17.8. The molecule has 4 rings (SSSR count). The predicted molar refractivity (Wildman–Crippen MR) is 110 cm³/mol. The molecular weight excluding hydrogens is 392 g/mol. The van der Waals surface area contributed by atoms with Gasteiger partial charge in [0.1, 0.15) is 12.4 Å². The van der Waals surface area contributed by atoms with Crippen molar-refractivity contribution in [2.75, 3.05) is 26.9 Å². The molecule has 29 heavy (non-hydrogen) atoms. The SMILES string of the molecule is CCOc1ccc2c(c1)sc(=NC(=O)[C@@H]1COc3ccccc3O1)n2CCOC. The predicted octanol–water partition coefficient (Wildman–Crippen LogP) is 3.02. The zero-order valence-electron chi connectivity index (χ0n) is 16.3. The lowest BCUT2D eigenvalue weighted by Gasteiger charge is -2.23. The molecule has 0 spiro atoms. The van der Waals surface area contributed by atoms with Gasteiger partial charge in [-0.3, -0.25) is 4.79 Å². The van der Waals surface area contributed by atoms with E-state index in [0.29, 0.717) is 36.1 Å². The highest BCUT2D eigenvalue weighted by Gasteiger charge is 2.27. The van der Waals surface area contributed by atoms with E-state index in [9.17, 15) is 4.79 Å². The third-order valence-electron chi connectivity index (χ3n) is 4.47. The Bertz CT molecular complexity index is 1090. The molecule has 0 saturated heterocycles. The number of ether oxygens (including phenoxy) is 4. The van der Waals surface area contributed by atoms with Crippen LogP contribution in [0.15, 0.2) is 47.5 Å². The Morgan fingerprint density at radius 3 is 2.90 bits per heavy atom. The monoisotopic (exact) mass is 414 g/mol. The molecule has 152 valence electrons. The molecule has 8 heteroatoms. The standard InChI is InChI=1S/C21H22N2O5S/c1-3-26-14-8-9-15-19(12-14)29-21(23(15)10-11-25-2)22-20(24)18-13-27-16-6-4-5-7-17(16)28-18/h4-9,12,18H,3,10-11,13H2,1-2H3/t18-/m0/s1. The number of rotatable bonds is 6. The fourth-order valence-corrected chi connectivity index (χ4v) is 4.19. The number of methoxy groups -OCH3 is 1. The quantitative estimate of drug-likeness (QED) is 0.620. The third kappa shape index (κ3) is 4.13. The van der Waals surface area contributed by atoms with Gasteiger partial charge in [0.05, 0.1) is 23.4 Å². The average molecular weight is 414 g/mol. The lowest BCUT2D eigenvalue weighted by molar-refractivity contribution is -0.127. The van der Waals surface area contributed by atoms with Crippen LogP contribution in [0.3, 0.4) is 0 Å². The van der Waals surface area contributed by atoms with Gasteiger partial charge in [-0.15, -0.1) is 0 Å². The Hall–Kier alpha value is -2.84. The second kappa shape index (κ2) is 8.67. The molecule has 1 aliphatic heterocycles. The number of thiazole rings is 1. The number of fused-ring (bicyclic) bond motifs is 2. The first-order valence-electron chi connectivity index (χ1n) is 9.41. The van der Waals surface area contributed by atoms with Gasteiger partial charge in [0.25, 0.3) is 5.91 Å². The summed E-state index contributed by atoms with van der Waals surface area (Å²) in [6.07, 6.45) is -0.773. The number of nitrogens with zero attached hydrogens (tertiary/aromatic N) is 2. The summed E-state index contributed by atoms with van der Waals surface area (Å²) in [5.74, 6) is 1.61. The van der Waals surface area contributed by atoms with Gasteiger partial charge >= 0.3 is 0 Å². The summed E-state index contributed by atoms with van der Waals surface area (Å²) in [5, 5.41) is 0. The smallest absolute Gasteiger partial charge is 0.292 e. The van der Waals surface area contributed by atoms with E-state index in [1.165, 1.54) is 11.3 Å². The van der Waals surface area contributed by atoms with E-state index in [1.807, 2.05) is 47.9 Å². The summed E-state index contributed by atoms with van der Waals surface area (Å²) >= 11 is 1.44. The van der Waals surface area contributed by atoms with Crippen molar-refractivity contribution in [2.45, 2.75) is 19.6 Å². The van der Waals surface area contributed by atoms with Gasteiger partial charge in [0.2, 0.25) is 6.10 Å². The first-order valence-corrected chi connectivity index (χ1v) is 10.2. The van der Waals surface area contributed by atoms with Crippen LogP contribution in [0.4, 0.5) is 0 Å². The molecule has 2 aromatic carbocycles. The second-order valence-corrected chi connectivity index (χ2v) is 7.41. The van der Waals surface area contributed by atoms with Gasteiger partial charge in [0, 0.05) is 13.7 Å². The van der Waals surface area contributed by atoms with Crippen LogP contribution in [-0.2, 0) is 16.1 Å². The molecule has 1 aromatic heterocycles. The molecule has 3 aromatic rings. The second-order valence-electron chi connectivity index (χ2n) is 6.41. The number of carbonyl (C=O) groups is 1. The number of benzene rings is 2. The van der Waals surface area contributed by atoms with E-state index >= 15 is 0 Å². The molecule has 1 atom stereocenters. The minimum Gasteiger partial charge on any atom is -0.494 e. The van der Waals surface area contributed by atoms with Crippen LogP contribution in [0.2, 0.25) is 0 Å². The van der Waals surface area contributed by atoms with Crippen molar-refractivity contribution < 1.29 is 23.7 Å². The summed E-state index contributed by atoms with van der Waals surface area (Å²) in [6.45, 7) is 3.77. The van der Waals surface area contributed by atoms with Crippen molar-refractivity contribution in [1.82, 2.24) is 4.57 Å². The zero-order valence-corrected chi connectivity index (χ0v) is 17.1. The van der Waals surface area contributed by atoms with Gasteiger partial charge in [-0.1, -0.05) is 23.5 Å². The highest BCUT2D eigenvalue weighted by atomic mass is 32.1. The highest BCUT2D eigenvalue weighted by Crippen LogP contribution is 2.31. The van der Waals surface area contributed by atoms with Crippen molar-refractivity contribution in [3.8, 4) is 17.2 Å². The van der Waals surface area contributed by atoms with Crippen molar-refractivity contribution in [2.24, 2.45) is 4.99 Å². The van der Waals surface area contributed by atoms with Crippen molar-refractivity contribution in [1.29, 1.82) is 0 Å². The number of amides is 1. The Labute approximate surface area is 172 Å². The number of para-hydroxylation sites is 2. The van der Waals surface area contributed by atoms with Crippen LogP contribution in [0.1, 0.15) is 6.92 Å². The number of hydrogen-bond acceptors (Lipinski definition) is 6. The summed E-state index contributed by atoms with van der Waals surface area (Å²) < 4.78 is 25.2. The molecule has 2 heterocycles. The maximum atomic E-state index is 12.8. The molecular formula is C21H22N2O5S. The third-order valence-corrected chi connectivity index (χ3v) is 5.52. The normalized spacial score (nSPS) is 16.2. The largest absolute Gasteiger partial charge is 0.494 e.